The quantitative estimate of drug-likeness (QED) is 0.492. The number of hydrogen-bond acceptors (Lipinski definition) is 6. The molecular formula is C26H39N3O4S. The maximum absolute atomic E-state index is 13.1. The number of nitrogens with zero attached hydrogens (tertiary/aromatic N) is 1. The highest BCUT2D eigenvalue weighted by Crippen LogP contribution is 2.25. The third-order valence-corrected chi connectivity index (χ3v) is 8.37. The van der Waals surface area contributed by atoms with Crippen LogP contribution in [-0.4, -0.2) is 81.1 Å². The number of benzene rings is 1. The Hall–Kier alpha value is -1.61. The first-order valence-electron chi connectivity index (χ1n) is 12.9. The van der Waals surface area contributed by atoms with Crippen LogP contribution in [0.2, 0.25) is 0 Å². The van der Waals surface area contributed by atoms with Crippen LogP contribution in [-0.2, 0) is 14.3 Å². The standard InChI is InChI=1S/C26H39N3O4S/c30-25(27-16-20-6-2-1-3-7-20)19-34-24-9-5-4-8-22(24)26(31)28-17-23(21-10-13-33-18-21)29-11-14-32-15-12-29/h4-5,8-9,20-21,23H,1-3,6-7,10-19H2,(H,27,30)(H,28,31). The minimum atomic E-state index is -0.0807. The minimum Gasteiger partial charge on any atom is -0.381 e. The van der Waals surface area contributed by atoms with Crippen LogP contribution in [0, 0.1) is 11.8 Å². The molecule has 3 fully saturated rings. The molecule has 4 rings (SSSR count). The van der Waals surface area contributed by atoms with Crippen LogP contribution < -0.4 is 10.6 Å². The number of carbonyl (C=O) groups excluding carboxylic acids is 2. The van der Waals surface area contributed by atoms with Crippen molar-refractivity contribution in [1.29, 1.82) is 0 Å². The summed E-state index contributed by atoms with van der Waals surface area (Å²) in [5.74, 6) is 1.33. The second kappa shape index (κ2) is 13.5. The molecule has 1 saturated carbocycles. The van der Waals surface area contributed by atoms with E-state index in [4.69, 9.17) is 9.47 Å². The molecule has 1 aromatic carbocycles. The average Bonchev–Trinajstić information content (AvgIpc) is 3.42. The van der Waals surface area contributed by atoms with Crippen molar-refractivity contribution in [3.05, 3.63) is 29.8 Å². The molecule has 2 saturated heterocycles. The van der Waals surface area contributed by atoms with Crippen molar-refractivity contribution in [2.75, 3.05) is 58.4 Å². The Morgan fingerprint density at radius 3 is 2.56 bits per heavy atom. The molecule has 3 aliphatic rings. The molecule has 2 N–H and O–H groups in total. The summed E-state index contributed by atoms with van der Waals surface area (Å²) < 4.78 is 11.2. The summed E-state index contributed by atoms with van der Waals surface area (Å²) in [4.78, 5) is 28.8. The predicted octanol–water partition coefficient (Wildman–Crippen LogP) is 2.94. The lowest BCUT2D eigenvalue weighted by Gasteiger charge is -2.37. The zero-order valence-corrected chi connectivity index (χ0v) is 21.0. The van der Waals surface area contributed by atoms with E-state index in [9.17, 15) is 9.59 Å². The van der Waals surface area contributed by atoms with Crippen molar-refractivity contribution in [2.24, 2.45) is 11.8 Å². The van der Waals surface area contributed by atoms with Gasteiger partial charge in [0.05, 0.1) is 31.1 Å². The predicted molar refractivity (Wildman–Crippen MR) is 134 cm³/mol. The molecule has 2 heterocycles. The summed E-state index contributed by atoms with van der Waals surface area (Å²) in [7, 11) is 0. The fourth-order valence-electron chi connectivity index (χ4n) is 5.28. The fourth-order valence-corrected chi connectivity index (χ4v) is 6.16. The van der Waals surface area contributed by atoms with Gasteiger partial charge in [-0.1, -0.05) is 31.4 Å². The highest BCUT2D eigenvalue weighted by molar-refractivity contribution is 8.00. The molecule has 8 heteroatoms. The highest BCUT2D eigenvalue weighted by atomic mass is 32.2. The van der Waals surface area contributed by atoms with E-state index in [2.05, 4.69) is 15.5 Å². The lowest BCUT2D eigenvalue weighted by molar-refractivity contribution is -0.118. The largest absolute Gasteiger partial charge is 0.381 e. The topological polar surface area (TPSA) is 79.9 Å². The van der Waals surface area contributed by atoms with Gasteiger partial charge in [0.15, 0.2) is 0 Å². The summed E-state index contributed by atoms with van der Waals surface area (Å²) in [6.07, 6.45) is 7.33. The maximum atomic E-state index is 13.1. The van der Waals surface area contributed by atoms with Crippen molar-refractivity contribution >= 4 is 23.6 Å². The zero-order chi connectivity index (χ0) is 23.6. The summed E-state index contributed by atoms with van der Waals surface area (Å²) >= 11 is 1.44. The lowest BCUT2D eigenvalue weighted by atomic mass is 9.89. The SMILES string of the molecule is O=C(CSc1ccccc1C(=O)NCC(C1CCOC1)N1CCOCC1)NCC1CCCCC1. The first-order valence-corrected chi connectivity index (χ1v) is 13.9. The summed E-state index contributed by atoms with van der Waals surface area (Å²) in [6.45, 7) is 6.16. The molecule has 188 valence electrons. The van der Waals surface area contributed by atoms with Crippen molar-refractivity contribution in [2.45, 2.75) is 49.5 Å². The van der Waals surface area contributed by atoms with Crippen LogP contribution in [0.5, 0.6) is 0 Å². The molecule has 0 bridgehead atoms. The van der Waals surface area contributed by atoms with Gasteiger partial charge in [-0.25, -0.2) is 0 Å². The first-order chi connectivity index (χ1) is 16.7. The fraction of sp³-hybridized carbons (Fsp3) is 0.692. The molecule has 0 radical (unpaired) electrons. The Morgan fingerprint density at radius 2 is 1.79 bits per heavy atom. The molecule has 1 aromatic rings. The number of amides is 2. The molecule has 2 amide bonds. The third-order valence-electron chi connectivity index (χ3n) is 7.30. The smallest absolute Gasteiger partial charge is 0.252 e. The van der Waals surface area contributed by atoms with E-state index < -0.39 is 0 Å². The van der Waals surface area contributed by atoms with Gasteiger partial charge in [-0.05, 0) is 37.3 Å². The maximum Gasteiger partial charge on any atom is 0.252 e. The van der Waals surface area contributed by atoms with Gasteiger partial charge in [0.1, 0.15) is 0 Å². The molecule has 0 aromatic heterocycles. The average molecular weight is 490 g/mol. The number of ether oxygens (including phenoxy) is 2. The van der Waals surface area contributed by atoms with Gasteiger partial charge in [0.2, 0.25) is 5.91 Å². The number of nitrogens with one attached hydrogen (secondary N) is 2. The Morgan fingerprint density at radius 1 is 1.00 bits per heavy atom. The number of thioether (sulfide) groups is 1. The highest BCUT2D eigenvalue weighted by Gasteiger charge is 2.32. The van der Waals surface area contributed by atoms with E-state index in [0.717, 1.165) is 57.4 Å². The van der Waals surface area contributed by atoms with E-state index >= 15 is 0 Å². The number of hydrogen-bond donors (Lipinski definition) is 2. The van der Waals surface area contributed by atoms with Gasteiger partial charge >= 0.3 is 0 Å². The van der Waals surface area contributed by atoms with Crippen LogP contribution in [0.1, 0.15) is 48.9 Å². The second-order valence-electron chi connectivity index (χ2n) is 9.64. The van der Waals surface area contributed by atoms with E-state index in [1.54, 1.807) is 0 Å². The van der Waals surface area contributed by atoms with E-state index in [0.29, 0.717) is 29.7 Å². The summed E-state index contributed by atoms with van der Waals surface area (Å²) in [5.41, 5.74) is 0.635. The minimum absolute atomic E-state index is 0.0411. The molecule has 34 heavy (non-hydrogen) atoms. The normalized spacial score (nSPS) is 22.9. The molecule has 1 aliphatic carbocycles. The number of rotatable bonds is 10. The first kappa shape index (κ1) is 25.5. The van der Waals surface area contributed by atoms with Crippen molar-refractivity contribution in [3.8, 4) is 0 Å². The van der Waals surface area contributed by atoms with Crippen molar-refractivity contribution in [3.63, 3.8) is 0 Å². The second-order valence-corrected chi connectivity index (χ2v) is 10.7. The van der Waals surface area contributed by atoms with Gasteiger partial charge < -0.3 is 20.1 Å². The van der Waals surface area contributed by atoms with Crippen molar-refractivity contribution < 1.29 is 19.1 Å². The van der Waals surface area contributed by atoms with Crippen LogP contribution >= 0.6 is 11.8 Å². The molecule has 7 nitrogen and oxygen atoms in total. The Bertz CT molecular complexity index is 790. The summed E-state index contributed by atoms with van der Waals surface area (Å²) in [6, 6.07) is 7.83. The molecule has 2 aliphatic heterocycles. The van der Waals surface area contributed by atoms with E-state index in [1.165, 1.54) is 43.9 Å². The van der Waals surface area contributed by atoms with E-state index in [-0.39, 0.29) is 17.9 Å². The van der Waals surface area contributed by atoms with Crippen LogP contribution in [0.3, 0.4) is 0 Å². The van der Waals surface area contributed by atoms with Crippen molar-refractivity contribution in [1.82, 2.24) is 15.5 Å². The van der Waals surface area contributed by atoms with E-state index in [1.807, 2.05) is 24.3 Å². The Kier molecular flexibility index (Phi) is 10.1. The van der Waals surface area contributed by atoms with Gasteiger partial charge in [-0.3, -0.25) is 14.5 Å². The van der Waals surface area contributed by atoms with Gasteiger partial charge in [0, 0.05) is 49.6 Å². The Balaban J connectivity index is 1.29. The molecule has 2 unspecified atom stereocenters. The molecule has 0 spiro atoms. The monoisotopic (exact) mass is 489 g/mol. The van der Waals surface area contributed by atoms with Gasteiger partial charge in [-0.15, -0.1) is 11.8 Å². The summed E-state index contributed by atoms with van der Waals surface area (Å²) in [5, 5.41) is 6.27. The number of morpholine rings is 1. The molecule has 2 atom stereocenters. The van der Waals surface area contributed by atoms with Crippen LogP contribution in [0.25, 0.3) is 0 Å². The molecular weight excluding hydrogens is 450 g/mol. The van der Waals surface area contributed by atoms with Gasteiger partial charge in [0.25, 0.3) is 5.91 Å². The lowest BCUT2D eigenvalue weighted by Crippen LogP contribution is -2.52. The number of carbonyl (C=O) groups is 2. The Labute approximate surface area is 207 Å². The van der Waals surface area contributed by atoms with Gasteiger partial charge in [-0.2, -0.15) is 0 Å². The van der Waals surface area contributed by atoms with Crippen LogP contribution in [0.15, 0.2) is 29.2 Å². The van der Waals surface area contributed by atoms with Crippen LogP contribution in [0.4, 0.5) is 0 Å². The zero-order valence-electron chi connectivity index (χ0n) is 20.1. The third kappa shape index (κ3) is 7.44.